The van der Waals surface area contributed by atoms with Crippen LogP contribution in [0.4, 0.5) is 0 Å². The lowest BCUT2D eigenvalue weighted by molar-refractivity contribution is 0.349. The van der Waals surface area contributed by atoms with E-state index in [0.29, 0.717) is 0 Å². The lowest BCUT2D eigenvalue weighted by atomic mass is 10.1. The highest BCUT2D eigenvalue weighted by atomic mass is 32.2. The quantitative estimate of drug-likeness (QED) is 0.763. The highest BCUT2D eigenvalue weighted by Gasteiger charge is 2.24. The summed E-state index contributed by atoms with van der Waals surface area (Å²) in [5, 5.41) is 3.25. The topological polar surface area (TPSA) is 49.4 Å². The van der Waals surface area contributed by atoms with E-state index in [-0.39, 0.29) is 11.8 Å². The predicted molar refractivity (Wildman–Crippen MR) is 88.6 cm³/mol. The molecule has 5 heteroatoms. The first-order valence-electron chi connectivity index (χ1n) is 7.68. The molecule has 0 radical (unpaired) electrons. The first kappa shape index (κ1) is 18.1. The fraction of sp³-hybridized carbons (Fsp3) is 0.625. The van der Waals surface area contributed by atoms with E-state index in [4.69, 9.17) is 0 Å². The van der Waals surface area contributed by atoms with Crippen molar-refractivity contribution in [1.29, 1.82) is 0 Å². The molecule has 4 nitrogen and oxygen atoms in total. The maximum Gasteiger partial charge on any atom is 0.218 e. The molecule has 0 amide bonds. The largest absolute Gasteiger partial charge is 0.313 e. The number of nitrogens with zero attached hydrogens (tertiary/aromatic N) is 1. The van der Waals surface area contributed by atoms with E-state index in [1.807, 2.05) is 38.1 Å². The number of rotatable bonds is 9. The van der Waals surface area contributed by atoms with Gasteiger partial charge in [0.15, 0.2) is 0 Å². The van der Waals surface area contributed by atoms with Gasteiger partial charge in [0.05, 0.1) is 5.75 Å². The van der Waals surface area contributed by atoms with Gasteiger partial charge < -0.3 is 5.32 Å². The van der Waals surface area contributed by atoms with Gasteiger partial charge in [0.1, 0.15) is 0 Å². The van der Waals surface area contributed by atoms with Crippen LogP contribution in [-0.4, -0.2) is 32.4 Å². The molecule has 0 atom stereocenters. The number of hydrogen-bond donors (Lipinski definition) is 1. The molecule has 0 spiro atoms. The second kappa shape index (κ2) is 8.51. The van der Waals surface area contributed by atoms with Crippen LogP contribution in [0, 0.1) is 0 Å². The molecule has 1 rings (SSSR count). The molecule has 1 N–H and O–H groups in total. The molecule has 0 saturated heterocycles. The van der Waals surface area contributed by atoms with Crippen LogP contribution >= 0.6 is 0 Å². The van der Waals surface area contributed by atoms with Crippen molar-refractivity contribution in [3.8, 4) is 0 Å². The van der Waals surface area contributed by atoms with E-state index < -0.39 is 10.0 Å². The molecule has 0 aliphatic heterocycles. The van der Waals surface area contributed by atoms with Crippen LogP contribution in [0.5, 0.6) is 0 Å². The first-order chi connectivity index (χ1) is 9.94. The van der Waals surface area contributed by atoms with E-state index in [1.165, 1.54) is 9.87 Å². The van der Waals surface area contributed by atoms with Crippen molar-refractivity contribution in [2.45, 2.75) is 52.0 Å². The van der Waals surface area contributed by atoms with Crippen molar-refractivity contribution >= 4 is 10.0 Å². The summed E-state index contributed by atoms with van der Waals surface area (Å²) in [6, 6.07) is 7.88. The second-order valence-electron chi connectivity index (χ2n) is 5.34. The van der Waals surface area contributed by atoms with Crippen LogP contribution in [-0.2, 0) is 22.3 Å². The monoisotopic (exact) mass is 312 g/mol. The molecular weight excluding hydrogens is 284 g/mol. The van der Waals surface area contributed by atoms with Crippen molar-refractivity contribution in [3.05, 3.63) is 35.4 Å². The second-order valence-corrected chi connectivity index (χ2v) is 7.37. The minimum Gasteiger partial charge on any atom is -0.313 e. The van der Waals surface area contributed by atoms with Crippen molar-refractivity contribution < 1.29 is 8.42 Å². The molecule has 0 unspecified atom stereocenters. The first-order valence-corrected chi connectivity index (χ1v) is 9.29. The number of sulfonamides is 1. The molecule has 0 fully saturated rings. The molecule has 0 aliphatic rings. The van der Waals surface area contributed by atoms with Crippen LogP contribution in [0.3, 0.4) is 0 Å². The number of hydrogen-bond acceptors (Lipinski definition) is 3. The molecule has 0 heterocycles. The molecule has 0 saturated carbocycles. The molecular formula is C16H28N2O2S. The number of benzene rings is 1. The van der Waals surface area contributed by atoms with Crippen LogP contribution in [0.25, 0.3) is 0 Å². The summed E-state index contributed by atoms with van der Waals surface area (Å²) in [4.78, 5) is 0. The molecule has 1 aromatic rings. The summed E-state index contributed by atoms with van der Waals surface area (Å²) in [5.74, 6) is 0.0709. The van der Waals surface area contributed by atoms with Gasteiger partial charge in [-0.2, -0.15) is 0 Å². The van der Waals surface area contributed by atoms with Gasteiger partial charge in [-0.05, 0) is 30.5 Å². The average molecular weight is 312 g/mol. The van der Waals surface area contributed by atoms with Crippen molar-refractivity contribution in [2.75, 3.05) is 13.6 Å². The van der Waals surface area contributed by atoms with Crippen LogP contribution < -0.4 is 5.32 Å². The van der Waals surface area contributed by atoms with E-state index in [2.05, 4.69) is 12.2 Å². The Kier molecular flexibility index (Phi) is 7.35. The SMILES string of the molecule is CCNCc1ccc(CS(=O)(=O)N(C)C(CC)CC)cc1. The smallest absolute Gasteiger partial charge is 0.218 e. The van der Waals surface area contributed by atoms with Crippen LogP contribution in [0.1, 0.15) is 44.7 Å². The fourth-order valence-corrected chi connectivity index (χ4v) is 3.93. The van der Waals surface area contributed by atoms with Gasteiger partial charge in [0.2, 0.25) is 10.0 Å². The zero-order chi connectivity index (χ0) is 15.9. The van der Waals surface area contributed by atoms with Gasteiger partial charge in [-0.25, -0.2) is 12.7 Å². The third-order valence-electron chi connectivity index (χ3n) is 3.85. The lowest BCUT2D eigenvalue weighted by Crippen LogP contribution is -2.37. The summed E-state index contributed by atoms with van der Waals surface area (Å²) in [6.45, 7) is 7.85. The summed E-state index contributed by atoms with van der Waals surface area (Å²) >= 11 is 0. The Morgan fingerprint density at radius 3 is 2.05 bits per heavy atom. The number of nitrogens with one attached hydrogen (secondary N) is 1. The maximum absolute atomic E-state index is 12.4. The normalized spacial score (nSPS) is 12.3. The lowest BCUT2D eigenvalue weighted by Gasteiger charge is -2.25. The molecule has 0 aliphatic carbocycles. The standard InChI is InChI=1S/C16H28N2O2S/c1-5-16(6-2)18(4)21(19,20)13-15-10-8-14(9-11-15)12-17-7-3/h8-11,16-17H,5-7,12-13H2,1-4H3. The van der Waals surface area contributed by atoms with Gasteiger partial charge in [0.25, 0.3) is 0 Å². The van der Waals surface area contributed by atoms with E-state index in [0.717, 1.165) is 31.5 Å². The molecule has 120 valence electrons. The summed E-state index contributed by atoms with van der Waals surface area (Å²) in [6.07, 6.45) is 1.68. The average Bonchev–Trinajstić information content (AvgIpc) is 2.47. The Labute approximate surface area is 129 Å². The maximum atomic E-state index is 12.4. The molecule has 0 aromatic heterocycles. The molecule has 1 aromatic carbocycles. The Balaban J connectivity index is 2.75. The van der Waals surface area contributed by atoms with Crippen LogP contribution in [0.15, 0.2) is 24.3 Å². The molecule has 21 heavy (non-hydrogen) atoms. The minimum absolute atomic E-state index is 0.0709. The third kappa shape index (κ3) is 5.41. The van der Waals surface area contributed by atoms with E-state index in [1.54, 1.807) is 7.05 Å². The minimum atomic E-state index is -3.25. The van der Waals surface area contributed by atoms with Crippen molar-refractivity contribution in [1.82, 2.24) is 9.62 Å². The van der Waals surface area contributed by atoms with Gasteiger partial charge in [0, 0.05) is 19.6 Å². The predicted octanol–water partition coefficient (Wildman–Crippen LogP) is 2.75. The van der Waals surface area contributed by atoms with E-state index >= 15 is 0 Å². The third-order valence-corrected chi connectivity index (χ3v) is 5.72. The van der Waals surface area contributed by atoms with Gasteiger partial charge in [-0.15, -0.1) is 0 Å². The summed E-state index contributed by atoms with van der Waals surface area (Å²) in [5.41, 5.74) is 2.01. The Morgan fingerprint density at radius 1 is 1.05 bits per heavy atom. The Hall–Kier alpha value is -0.910. The summed E-state index contributed by atoms with van der Waals surface area (Å²) < 4.78 is 26.4. The summed E-state index contributed by atoms with van der Waals surface area (Å²) in [7, 11) is -1.56. The van der Waals surface area contributed by atoms with Crippen LogP contribution in [0.2, 0.25) is 0 Å². The van der Waals surface area contributed by atoms with Crippen molar-refractivity contribution in [3.63, 3.8) is 0 Å². The zero-order valence-electron chi connectivity index (χ0n) is 13.6. The van der Waals surface area contributed by atoms with Crippen molar-refractivity contribution in [2.24, 2.45) is 0 Å². The highest BCUT2D eigenvalue weighted by molar-refractivity contribution is 7.88. The fourth-order valence-electron chi connectivity index (χ4n) is 2.37. The Bertz CT molecular complexity index is 508. The van der Waals surface area contributed by atoms with Gasteiger partial charge in [-0.3, -0.25) is 0 Å². The molecule has 0 bridgehead atoms. The highest BCUT2D eigenvalue weighted by Crippen LogP contribution is 2.16. The van der Waals surface area contributed by atoms with Gasteiger partial charge >= 0.3 is 0 Å². The van der Waals surface area contributed by atoms with E-state index in [9.17, 15) is 8.42 Å². The Morgan fingerprint density at radius 2 is 1.57 bits per heavy atom. The zero-order valence-corrected chi connectivity index (χ0v) is 14.4. The van der Waals surface area contributed by atoms with Gasteiger partial charge in [-0.1, -0.05) is 45.0 Å².